The number of hydrogen-bond acceptors (Lipinski definition) is 4. The third kappa shape index (κ3) is 3.38. The Kier molecular flexibility index (Phi) is 4.69. The number of fused-ring (bicyclic) bond motifs is 2. The van der Waals surface area contributed by atoms with E-state index in [9.17, 15) is 0 Å². The highest BCUT2D eigenvalue weighted by Crippen LogP contribution is 2.34. The lowest BCUT2D eigenvalue weighted by molar-refractivity contribution is 0.124. The molecular formula is C24H28ClN5. The summed E-state index contributed by atoms with van der Waals surface area (Å²) in [5.74, 6) is 1.84. The van der Waals surface area contributed by atoms with Crippen LogP contribution in [0, 0.1) is 5.92 Å². The van der Waals surface area contributed by atoms with Gasteiger partial charge in [0.2, 0.25) is 0 Å². The maximum Gasteiger partial charge on any atom is 0.179 e. The van der Waals surface area contributed by atoms with Gasteiger partial charge in [-0.15, -0.1) is 10.2 Å². The molecule has 1 unspecified atom stereocenters. The van der Waals surface area contributed by atoms with E-state index in [1.54, 1.807) is 0 Å². The summed E-state index contributed by atoms with van der Waals surface area (Å²) in [7, 11) is 0. The first-order valence-corrected chi connectivity index (χ1v) is 11.7. The van der Waals surface area contributed by atoms with Crippen molar-refractivity contribution in [1.29, 1.82) is 0 Å². The van der Waals surface area contributed by atoms with Crippen molar-refractivity contribution in [1.82, 2.24) is 24.4 Å². The Hall–Kier alpha value is -2.11. The fourth-order valence-electron chi connectivity index (χ4n) is 5.22. The Bertz CT molecular complexity index is 1040. The van der Waals surface area contributed by atoms with Gasteiger partial charge < -0.3 is 4.90 Å². The van der Waals surface area contributed by atoms with Crippen LogP contribution in [0.2, 0.25) is 5.02 Å². The minimum Gasteiger partial charge on any atom is -0.367 e. The summed E-state index contributed by atoms with van der Waals surface area (Å²) in [4.78, 5) is 5.14. The second-order valence-electron chi connectivity index (χ2n) is 9.23. The summed E-state index contributed by atoms with van der Waals surface area (Å²) in [6.07, 6.45) is 20.7. The van der Waals surface area contributed by atoms with Crippen molar-refractivity contribution < 1.29 is 0 Å². The molecule has 4 heterocycles. The molecule has 2 aliphatic carbocycles. The summed E-state index contributed by atoms with van der Waals surface area (Å²) in [5, 5.41) is 9.56. The van der Waals surface area contributed by atoms with E-state index in [0.717, 1.165) is 60.5 Å². The molecule has 5 nitrogen and oxygen atoms in total. The van der Waals surface area contributed by atoms with E-state index >= 15 is 0 Å². The van der Waals surface area contributed by atoms with Crippen LogP contribution in [0.1, 0.15) is 43.5 Å². The fraction of sp³-hybridized carbons (Fsp3) is 0.500. The van der Waals surface area contributed by atoms with Crippen LogP contribution < -0.4 is 0 Å². The smallest absolute Gasteiger partial charge is 0.179 e. The monoisotopic (exact) mass is 421 g/mol. The predicted molar refractivity (Wildman–Crippen MR) is 119 cm³/mol. The molecule has 2 aromatic rings. The Labute approximate surface area is 182 Å². The molecule has 156 valence electrons. The van der Waals surface area contributed by atoms with Crippen molar-refractivity contribution in [2.45, 2.75) is 57.2 Å². The number of piperidine rings is 1. The summed E-state index contributed by atoms with van der Waals surface area (Å²) in [5.41, 5.74) is 3.44. The minimum absolute atomic E-state index is 0.557. The highest BCUT2D eigenvalue weighted by atomic mass is 35.5. The zero-order chi connectivity index (χ0) is 20.1. The maximum absolute atomic E-state index is 6.75. The zero-order valence-corrected chi connectivity index (χ0v) is 18.0. The van der Waals surface area contributed by atoms with Crippen LogP contribution in [0.15, 0.2) is 48.3 Å². The zero-order valence-electron chi connectivity index (χ0n) is 17.3. The van der Waals surface area contributed by atoms with Crippen LogP contribution in [0.25, 0.3) is 5.65 Å². The number of aromatic nitrogens is 3. The largest absolute Gasteiger partial charge is 0.367 e. The van der Waals surface area contributed by atoms with Gasteiger partial charge in [0.05, 0.1) is 11.1 Å². The molecule has 0 radical (unpaired) electrons. The van der Waals surface area contributed by atoms with Crippen molar-refractivity contribution >= 4 is 17.2 Å². The van der Waals surface area contributed by atoms with Gasteiger partial charge in [-0.2, -0.15) is 0 Å². The molecule has 6 rings (SSSR count). The molecule has 0 aromatic carbocycles. The minimum atomic E-state index is 0.557. The van der Waals surface area contributed by atoms with E-state index in [1.165, 1.54) is 31.3 Å². The third-order valence-corrected chi connectivity index (χ3v) is 7.59. The number of pyridine rings is 1. The standard InChI is InChI=1S/C24H28ClN5/c25-23-19(8-14-30-22(15-17-5-6-17)26-27-24(23)30)16-28-11-9-20(10-12-28)29-13-7-18-3-1-2-4-21(18)29/h1-3,7-8,13-14,17,20-21H,4-6,9-12,15-16H2. The van der Waals surface area contributed by atoms with Gasteiger partial charge in [-0.1, -0.05) is 29.8 Å². The van der Waals surface area contributed by atoms with Gasteiger partial charge in [0.15, 0.2) is 5.65 Å². The van der Waals surface area contributed by atoms with Gasteiger partial charge in [-0.05, 0) is 61.3 Å². The molecular weight excluding hydrogens is 394 g/mol. The van der Waals surface area contributed by atoms with Gasteiger partial charge in [0, 0.05) is 44.5 Å². The van der Waals surface area contributed by atoms with Gasteiger partial charge in [0.1, 0.15) is 5.82 Å². The summed E-state index contributed by atoms with van der Waals surface area (Å²) in [6.45, 7) is 3.11. The van der Waals surface area contributed by atoms with E-state index < -0.39 is 0 Å². The van der Waals surface area contributed by atoms with Crippen molar-refractivity contribution in [2.75, 3.05) is 13.1 Å². The molecule has 0 amide bonds. The molecule has 4 aliphatic rings. The van der Waals surface area contributed by atoms with Crippen LogP contribution in [-0.4, -0.2) is 49.6 Å². The number of likely N-dealkylation sites (tertiary alicyclic amines) is 1. The number of nitrogens with zero attached hydrogens (tertiary/aromatic N) is 5. The number of hydrogen-bond donors (Lipinski definition) is 0. The van der Waals surface area contributed by atoms with Crippen molar-refractivity contribution in [3.63, 3.8) is 0 Å². The lowest BCUT2D eigenvalue weighted by Gasteiger charge is -2.40. The van der Waals surface area contributed by atoms with Crippen LogP contribution in [0.3, 0.4) is 0 Å². The topological polar surface area (TPSA) is 36.7 Å². The average molecular weight is 422 g/mol. The number of allylic oxidation sites excluding steroid dienone is 2. The highest BCUT2D eigenvalue weighted by Gasteiger charge is 2.32. The van der Waals surface area contributed by atoms with E-state index in [4.69, 9.17) is 11.6 Å². The van der Waals surface area contributed by atoms with Crippen molar-refractivity contribution in [3.8, 4) is 0 Å². The normalized spacial score (nSPS) is 24.6. The van der Waals surface area contributed by atoms with E-state index in [-0.39, 0.29) is 0 Å². The van der Waals surface area contributed by atoms with Crippen molar-refractivity contribution in [2.24, 2.45) is 5.92 Å². The number of rotatable bonds is 5. The summed E-state index contributed by atoms with van der Waals surface area (Å²) >= 11 is 6.75. The van der Waals surface area contributed by atoms with Crippen LogP contribution in [0.5, 0.6) is 0 Å². The molecule has 0 bridgehead atoms. The van der Waals surface area contributed by atoms with Crippen molar-refractivity contribution in [3.05, 3.63) is 64.8 Å². The average Bonchev–Trinajstić information content (AvgIpc) is 3.34. The lowest BCUT2D eigenvalue weighted by Crippen LogP contribution is -2.45. The van der Waals surface area contributed by atoms with Crippen LogP contribution >= 0.6 is 11.6 Å². The van der Waals surface area contributed by atoms with Crippen LogP contribution in [-0.2, 0) is 13.0 Å². The second kappa shape index (κ2) is 7.54. The Morgan fingerprint density at radius 1 is 1.10 bits per heavy atom. The maximum atomic E-state index is 6.75. The lowest BCUT2D eigenvalue weighted by atomic mass is 9.96. The molecule has 1 saturated carbocycles. The molecule has 2 aliphatic heterocycles. The molecule has 2 aromatic heterocycles. The first kappa shape index (κ1) is 18.6. The van der Waals surface area contributed by atoms with Gasteiger partial charge in [-0.3, -0.25) is 9.30 Å². The first-order chi connectivity index (χ1) is 14.8. The quantitative estimate of drug-likeness (QED) is 0.717. The van der Waals surface area contributed by atoms with E-state index in [0.29, 0.717) is 12.1 Å². The fourth-order valence-corrected chi connectivity index (χ4v) is 5.47. The molecule has 1 saturated heterocycles. The highest BCUT2D eigenvalue weighted by molar-refractivity contribution is 6.34. The van der Waals surface area contributed by atoms with E-state index in [1.807, 2.05) is 0 Å². The van der Waals surface area contributed by atoms with Crippen LogP contribution in [0.4, 0.5) is 0 Å². The Morgan fingerprint density at radius 2 is 1.97 bits per heavy atom. The molecule has 0 N–H and O–H groups in total. The SMILES string of the molecule is Clc1c(CN2CCC(N3C=CC4=CC=CCC43)CC2)ccn2c(CC3CC3)nnc12. The summed E-state index contributed by atoms with van der Waals surface area (Å²) in [6, 6.07) is 3.36. The van der Waals surface area contributed by atoms with E-state index in [2.05, 4.69) is 67.2 Å². The summed E-state index contributed by atoms with van der Waals surface area (Å²) < 4.78 is 2.08. The first-order valence-electron chi connectivity index (χ1n) is 11.3. The Morgan fingerprint density at radius 3 is 2.80 bits per heavy atom. The number of halogens is 1. The molecule has 30 heavy (non-hydrogen) atoms. The molecule has 0 spiro atoms. The molecule has 1 atom stereocenters. The molecule has 2 fully saturated rings. The molecule has 6 heteroatoms. The second-order valence-corrected chi connectivity index (χ2v) is 9.61. The Balaban J connectivity index is 1.11. The van der Waals surface area contributed by atoms with Gasteiger partial charge in [-0.25, -0.2) is 0 Å². The van der Waals surface area contributed by atoms with Gasteiger partial charge in [0.25, 0.3) is 0 Å². The third-order valence-electron chi connectivity index (χ3n) is 7.18. The van der Waals surface area contributed by atoms with Gasteiger partial charge >= 0.3 is 0 Å². The predicted octanol–water partition coefficient (Wildman–Crippen LogP) is 4.38.